The van der Waals surface area contributed by atoms with E-state index in [1.807, 2.05) is 7.05 Å². The second-order valence-corrected chi connectivity index (χ2v) is 3.87. The summed E-state index contributed by atoms with van der Waals surface area (Å²) in [6.45, 7) is 0.598. The Hall–Kier alpha value is -0.870. The van der Waals surface area contributed by atoms with Crippen molar-refractivity contribution in [2.75, 3.05) is 7.05 Å². The lowest BCUT2D eigenvalue weighted by molar-refractivity contribution is 0.529. The molecule has 2 rings (SSSR count). The van der Waals surface area contributed by atoms with E-state index in [2.05, 4.69) is 21.2 Å². The third-order valence-corrected chi connectivity index (χ3v) is 2.61. The Labute approximate surface area is 89.2 Å². The maximum atomic E-state index is 13.3. The first-order valence-corrected chi connectivity index (χ1v) is 5.02. The van der Waals surface area contributed by atoms with Gasteiger partial charge in [0.1, 0.15) is 11.6 Å². The van der Waals surface area contributed by atoms with E-state index in [0.717, 1.165) is 10.2 Å². The lowest BCUT2D eigenvalue weighted by atomic mass is 10.2. The van der Waals surface area contributed by atoms with E-state index in [9.17, 15) is 4.39 Å². The van der Waals surface area contributed by atoms with E-state index in [1.165, 1.54) is 6.07 Å². The fourth-order valence-corrected chi connectivity index (χ4v) is 1.80. The molecule has 2 nitrogen and oxygen atoms in total. The minimum Gasteiger partial charge on any atom is -0.458 e. The van der Waals surface area contributed by atoms with Gasteiger partial charge in [0.2, 0.25) is 0 Å². The summed E-state index contributed by atoms with van der Waals surface area (Å²) in [5.74, 6) is 0.475. The summed E-state index contributed by atoms with van der Waals surface area (Å²) in [5.41, 5.74) is 0.565. The smallest absolute Gasteiger partial charge is 0.151 e. The molecule has 0 saturated carbocycles. The van der Waals surface area contributed by atoms with E-state index in [-0.39, 0.29) is 5.82 Å². The van der Waals surface area contributed by atoms with Gasteiger partial charge in [-0.1, -0.05) is 0 Å². The second-order valence-electron chi connectivity index (χ2n) is 3.02. The van der Waals surface area contributed by atoms with Crippen molar-refractivity contribution >= 4 is 26.9 Å². The quantitative estimate of drug-likeness (QED) is 0.895. The number of rotatable bonds is 2. The Morgan fingerprint density at radius 1 is 1.50 bits per heavy atom. The Morgan fingerprint density at radius 3 is 2.93 bits per heavy atom. The highest BCUT2D eigenvalue weighted by atomic mass is 79.9. The molecule has 1 aromatic heterocycles. The van der Waals surface area contributed by atoms with Gasteiger partial charge in [-0.3, -0.25) is 0 Å². The number of hydrogen-bond acceptors (Lipinski definition) is 2. The molecular formula is C10H9BrFNO. The van der Waals surface area contributed by atoms with E-state index >= 15 is 0 Å². The van der Waals surface area contributed by atoms with Gasteiger partial charge in [-0.2, -0.15) is 0 Å². The van der Waals surface area contributed by atoms with Gasteiger partial charge < -0.3 is 9.73 Å². The molecule has 0 saturated heterocycles. The fraction of sp³-hybridized carbons (Fsp3) is 0.200. The van der Waals surface area contributed by atoms with Crippen molar-refractivity contribution in [3.8, 4) is 0 Å². The van der Waals surface area contributed by atoms with Crippen molar-refractivity contribution in [1.82, 2.24) is 5.32 Å². The van der Waals surface area contributed by atoms with Crippen LogP contribution in [0, 0.1) is 5.82 Å². The SMILES string of the molecule is CNCc1cc2c(F)ccc(Br)c2o1. The minimum atomic E-state index is -0.255. The number of nitrogens with one attached hydrogen (secondary N) is 1. The number of hydrogen-bond donors (Lipinski definition) is 1. The fourth-order valence-electron chi connectivity index (χ4n) is 1.37. The molecule has 2 aromatic rings. The van der Waals surface area contributed by atoms with Gasteiger partial charge in [0.15, 0.2) is 5.58 Å². The molecule has 74 valence electrons. The van der Waals surface area contributed by atoms with Gasteiger partial charge in [0.25, 0.3) is 0 Å². The number of halogens is 2. The third-order valence-electron chi connectivity index (χ3n) is 1.98. The van der Waals surface area contributed by atoms with Crippen molar-refractivity contribution in [2.24, 2.45) is 0 Å². The molecule has 1 heterocycles. The van der Waals surface area contributed by atoms with E-state index in [1.54, 1.807) is 12.1 Å². The molecule has 0 aliphatic carbocycles. The highest BCUT2D eigenvalue weighted by Gasteiger charge is 2.10. The Morgan fingerprint density at radius 2 is 2.29 bits per heavy atom. The standard InChI is InChI=1S/C10H9BrFNO/c1-13-5-6-4-7-9(12)3-2-8(11)10(7)14-6/h2-4,13H,5H2,1H3. The molecule has 0 spiro atoms. The lowest BCUT2D eigenvalue weighted by Crippen LogP contribution is -2.03. The molecule has 1 aromatic carbocycles. The molecule has 0 fully saturated rings. The Balaban J connectivity index is 2.63. The first kappa shape index (κ1) is 9.68. The normalized spacial score (nSPS) is 11.1. The average Bonchev–Trinajstić information content (AvgIpc) is 2.57. The van der Waals surface area contributed by atoms with Crippen LogP contribution < -0.4 is 5.32 Å². The summed E-state index contributed by atoms with van der Waals surface area (Å²) in [6, 6.07) is 4.78. The van der Waals surface area contributed by atoms with Crippen LogP contribution >= 0.6 is 15.9 Å². The predicted molar refractivity (Wildman–Crippen MR) is 56.6 cm³/mol. The second kappa shape index (κ2) is 3.71. The maximum Gasteiger partial charge on any atom is 0.151 e. The van der Waals surface area contributed by atoms with Crippen molar-refractivity contribution in [3.05, 3.63) is 34.2 Å². The molecule has 0 aliphatic heterocycles. The van der Waals surface area contributed by atoms with E-state index < -0.39 is 0 Å². The van der Waals surface area contributed by atoms with Crippen LogP contribution in [0.25, 0.3) is 11.0 Å². The summed E-state index contributed by atoms with van der Waals surface area (Å²) in [5, 5.41) is 3.47. The van der Waals surface area contributed by atoms with Crippen LogP contribution in [0.15, 0.2) is 27.1 Å². The molecule has 0 radical (unpaired) electrons. The molecule has 1 N–H and O–H groups in total. The number of fused-ring (bicyclic) bond motifs is 1. The summed E-state index contributed by atoms with van der Waals surface area (Å²) < 4.78 is 19.6. The van der Waals surface area contributed by atoms with Gasteiger partial charge in [0.05, 0.1) is 16.4 Å². The van der Waals surface area contributed by atoms with Crippen molar-refractivity contribution in [1.29, 1.82) is 0 Å². The summed E-state index contributed by atoms with van der Waals surface area (Å²) in [6.07, 6.45) is 0. The summed E-state index contributed by atoms with van der Waals surface area (Å²) in [7, 11) is 1.82. The molecule has 0 bridgehead atoms. The van der Waals surface area contributed by atoms with Gasteiger partial charge in [-0.05, 0) is 41.2 Å². The monoisotopic (exact) mass is 257 g/mol. The third kappa shape index (κ3) is 1.55. The van der Waals surface area contributed by atoms with Crippen LogP contribution in [0.3, 0.4) is 0 Å². The van der Waals surface area contributed by atoms with Gasteiger partial charge in [-0.25, -0.2) is 4.39 Å². The molecule has 4 heteroatoms. The zero-order valence-electron chi connectivity index (χ0n) is 7.60. The number of benzene rings is 1. The zero-order valence-corrected chi connectivity index (χ0v) is 9.19. The Bertz CT molecular complexity index is 427. The first-order chi connectivity index (χ1) is 6.72. The van der Waals surface area contributed by atoms with Gasteiger partial charge in [0, 0.05) is 0 Å². The van der Waals surface area contributed by atoms with Crippen molar-refractivity contribution < 1.29 is 8.81 Å². The highest BCUT2D eigenvalue weighted by molar-refractivity contribution is 9.10. The molecule has 14 heavy (non-hydrogen) atoms. The summed E-state index contributed by atoms with van der Waals surface area (Å²) >= 11 is 3.31. The Kier molecular flexibility index (Phi) is 2.56. The number of furan rings is 1. The largest absolute Gasteiger partial charge is 0.458 e. The molecule has 0 aliphatic rings. The van der Waals surface area contributed by atoms with Crippen LogP contribution in [0.4, 0.5) is 4.39 Å². The molecule has 0 unspecified atom stereocenters. The topological polar surface area (TPSA) is 25.2 Å². The maximum absolute atomic E-state index is 13.3. The first-order valence-electron chi connectivity index (χ1n) is 4.23. The molecule has 0 amide bonds. The van der Waals surface area contributed by atoms with Crippen LogP contribution in [-0.2, 0) is 6.54 Å². The van der Waals surface area contributed by atoms with Crippen molar-refractivity contribution in [2.45, 2.75) is 6.54 Å². The molecule has 0 atom stereocenters. The zero-order chi connectivity index (χ0) is 10.1. The highest BCUT2D eigenvalue weighted by Crippen LogP contribution is 2.29. The lowest BCUT2D eigenvalue weighted by Gasteiger charge is -1.93. The van der Waals surface area contributed by atoms with Crippen LogP contribution in [0.2, 0.25) is 0 Å². The predicted octanol–water partition coefficient (Wildman–Crippen LogP) is 3.05. The van der Waals surface area contributed by atoms with Crippen LogP contribution in [0.5, 0.6) is 0 Å². The van der Waals surface area contributed by atoms with Gasteiger partial charge in [-0.15, -0.1) is 0 Å². The van der Waals surface area contributed by atoms with E-state index in [4.69, 9.17) is 4.42 Å². The summed E-state index contributed by atoms with van der Waals surface area (Å²) in [4.78, 5) is 0. The van der Waals surface area contributed by atoms with Crippen LogP contribution in [-0.4, -0.2) is 7.05 Å². The minimum absolute atomic E-state index is 0.255. The van der Waals surface area contributed by atoms with Gasteiger partial charge >= 0.3 is 0 Å². The van der Waals surface area contributed by atoms with Crippen molar-refractivity contribution in [3.63, 3.8) is 0 Å². The molecular weight excluding hydrogens is 249 g/mol. The van der Waals surface area contributed by atoms with E-state index in [0.29, 0.717) is 17.5 Å². The average molecular weight is 258 g/mol. The van der Waals surface area contributed by atoms with Crippen LogP contribution in [0.1, 0.15) is 5.76 Å².